The highest BCUT2D eigenvalue weighted by Crippen LogP contribution is 2.29. The average molecular weight is 246 g/mol. The van der Waals surface area contributed by atoms with Gasteiger partial charge >= 0.3 is 0 Å². The van der Waals surface area contributed by atoms with Crippen LogP contribution in [0, 0.1) is 5.92 Å². The van der Waals surface area contributed by atoms with Crippen LogP contribution in [0.4, 0.5) is 0 Å². The molecule has 18 heavy (non-hydrogen) atoms. The molecule has 2 N–H and O–H groups in total. The lowest BCUT2D eigenvalue weighted by molar-refractivity contribution is -0.141. The van der Waals surface area contributed by atoms with Crippen molar-refractivity contribution < 1.29 is 4.79 Å². The van der Waals surface area contributed by atoms with Gasteiger partial charge in [-0.25, -0.2) is 0 Å². The second-order valence-electron chi connectivity index (χ2n) is 5.71. The first-order valence-electron chi connectivity index (χ1n) is 6.56. The fourth-order valence-corrected chi connectivity index (χ4v) is 2.34. The standard InChI is InChI=1S/C15H22N2O/c1-11(2)15(16)9-17(10-15)14(18)12(3)13-7-5-4-6-8-13/h4-8,11-12H,9-10,16H2,1-3H3. The van der Waals surface area contributed by atoms with E-state index in [1.54, 1.807) is 0 Å². The SMILES string of the molecule is CC(C(=O)N1CC(N)(C(C)C)C1)c1ccccc1. The van der Waals surface area contributed by atoms with Crippen LogP contribution in [0.5, 0.6) is 0 Å². The van der Waals surface area contributed by atoms with Crippen LogP contribution in [-0.2, 0) is 4.79 Å². The van der Waals surface area contributed by atoms with Crippen molar-refractivity contribution >= 4 is 5.91 Å². The summed E-state index contributed by atoms with van der Waals surface area (Å²) in [6.45, 7) is 7.55. The number of hydrogen-bond acceptors (Lipinski definition) is 2. The summed E-state index contributed by atoms with van der Waals surface area (Å²) in [6, 6.07) is 9.90. The van der Waals surface area contributed by atoms with Gasteiger partial charge in [-0.3, -0.25) is 4.79 Å². The van der Waals surface area contributed by atoms with Crippen molar-refractivity contribution in [1.82, 2.24) is 4.90 Å². The third-order valence-corrected chi connectivity index (χ3v) is 4.10. The number of carbonyl (C=O) groups is 1. The minimum Gasteiger partial charge on any atom is -0.338 e. The highest BCUT2D eigenvalue weighted by atomic mass is 16.2. The first-order valence-corrected chi connectivity index (χ1v) is 6.56. The van der Waals surface area contributed by atoms with Crippen LogP contribution in [0.1, 0.15) is 32.3 Å². The largest absolute Gasteiger partial charge is 0.338 e. The number of rotatable bonds is 3. The van der Waals surface area contributed by atoms with Crippen molar-refractivity contribution in [3.05, 3.63) is 35.9 Å². The fourth-order valence-electron chi connectivity index (χ4n) is 2.34. The van der Waals surface area contributed by atoms with Crippen molar-refractivity contribution in [3.8, 4) is 0 Å². The second kappa shape index (κ2) is 4.73. The number of carbonyl (C=O) groups excluding carboxylic acids is 1. The van der Waals surface area contributed by atoms with Gasteiger partial charge in [-0.2, -0.15) is 0 Å². The number of likely N-dealkylation sites (tertiary alicyclic amines) is 1. The molecule has 1 fully saturated rings. The molecule has 1 aromatic rings. The van der Waals surface area contributed by atoms with Crippen molar-refractivity contribution in [2.24, 2.45) is 11.7 Å². The van der Waals surface area contributed by atoms with Gasteiger partial charge in [0.25, 0.3) is 0 Å². The lowest BCUT2D eigenvalue weighted by Gasteiger charge is -2.51. The summed E-state index contributed by atoms with van der Waals surface area (Å²) in [6.07, 6.45) is 0. The summed E-state index contributed by atoms with van der Waals surface area (Å²) >= 11 is 0. The van der Waals surface area contributed by atoms with Crippen LogP contribution in [-0.4, -0.2) is 29.4 Å². The Balaban J connectivity index is 1.99. The summed E-state index contributed by atoms with van der Waals surface area (Å²) in [4.78, 5) is 14.2. The zero-order chi connectivity index (χ0) is 13.3. The molecule has 0 aliphatic carbocycles. The summed E-state index contributed by atoms with van der Waals surface area (Å²) in [7, 11) is 0. The van der Waals surface area contributed by atoms with Crippen LogP contribution in [0.2, 0.25) is 0 Å². The van der Waals surface area contributed by atoms with Crippen molar-refractivity contribution in [2.75, 3.05) is 13.1 Å². The Bertz CT molecular complexity index is 421. The van der Waals surface area contributed by atoms with Crippen LogP contribution >= 0.6 is 0 Å². The smallest absolute Gasteiger partial charge is 0.229 e. The molecular formula is C15H22N2O. The Morgan fingerprint density at radius 1 is 1.22 bits per heavy atom. The third-order valence-electron chi connectivity index (χ3n) is 4.10. The Morgan fingerprint density at radius 2 is 1.78 bits per heavy atom. The molecule has 1 saturated heterocycles. The molecule has 1 amide bonds. The van der Waals surface area contributed by atoms with Gasteiger partial charge in [-0.1, -0.05) is 44.2 Å². The van der Waals surface area contributed by atoms with E-state index >= 15 is 0 Å². The maximum absolute atomic E-state index is 12.3. The predicted octanol–water partition coefficient (Wildman–Crippen LogP) is 1.99. The molecule has 98 valence electrons. The van der Waals surface area contributed by atoms with E-state index in [0.717, 1.165) is 5.56 Å². The molecule has 1 aliphatic rings. The summed E-state index contributed by atoms with van der Waals surface area (Å²) in [5, 5.41) is 0. The van der Waals surface area contributed by atoms with Gasteiger partial charge in [0, 0.05) is 13.1 Å². The minimum absolute atomic E-state index is 0.0806. The molecule has 2 rings (SSSR count). The van der Waals surface area contributed by atoms with Gasteiger partial charge in [0.2, 0.25) is 5.91 Å². The number of benzene rings is 1. The summed E-state index contributed by atoms with van der Waals surface area (Å²) in [5.74, 6) is 0.513. The summed E-state index contributed by atoms with van der Waals surface area (Å²) < 4.78 is 0. The van der Waals surface area contributed by atoms with E-state index in [0.29, 0.717) is 19.0 Å². The van der Waals surface area contributed by atoms with Crippen LogP contribution in [0.15, 0.2) is 30.3 Å². The number of nitrogens with zero attached hydrogens (tertiary/aromatic N) is 1. The molecule has 1 unspecified atom stereocenters. The van der Waals surface area contributed by atoms with E-state index in [1.807, 2.05) is 42.2 Å². The molecule has 1 heterocycles. The normalized spacial score (nSPS) is 19.5. The van der Waals surface area contributed by atoms with Gasteiger partial charge in [-0.15, -0.1) is 0 Å². The Kier molecular flexibility index (Phi) is 3.44. The van der Waals surface area contributed by atoms with Crippen molar-refractivity contribution in [3.63, 3.8) is 0 Å². The lowest BCUT2D eigenvalue weighted by Crippen LogP contribution is -2.71. The molecule has 0 radical (unpaired) electrons. The minimum atomic E-state index is -0.188. The summed E-state index contributed by atoms with van der Waals surface area (Å²) in [5.41, 5.74) is 7.10. The number of nitrogens with two attached hydrogens (primary N) is 1. The van der Waals surface area contributed by atoms with Gasteiger partial charge in [0.05, 0.1) is 11.5 Å². The highest BCUT2D eigenvalue weighted by molar-refractivity contribution is 5.84. The third kappa shape index (κ3) is 2.27. The number of hydrogen-bond donors (Lipinski definition) is 1. The van der Waals surface area contributed by atoms with Gasteiger partial charge in [0.15, 0.2) is 0 Å². The van der Waals surface area contributed by atoms with Gasteiger partial charge in [0.1, 0.15) is 0 Å². The van der Waals surface area contributed by atoms with E-state index in [4.69, 9.17) is 5.73 Å². The predicted molar refractivity (Wildman–Crippen MR) is 73.2 cm³/mol. The maximum Gasteiger partial charge on any atom is 0.229 e. The van der Waals surface area contributed by atoms with Crippen LogP contribution < -0.4 is 5.73 Å². The van der Waals surface area contributed by atoms with E-state index in [1.165, 1.54) is 0 Å². The molecular weight excluding hydrogens is 224 g/mol. The molecule has 1 atom stereocenters. The Labute approximate surface area is 109 Å². The highest BCUT2D eigenvalue weighted by Gasteiger charge is 2.44. The van der Waals surface area contributed by atoms with Gasteiger partial charge < -0.3 is 10.6 Å². The molecule has 1 aromatic carbocycles. The molecule has 0 aromatic heterocycles. The fraction of sp³-hybridized carbons (Fsp3) is 0.533. The van der Waals surface area contributed by atoms with E-state index in [-0.39, 0.29) is 17.4 Å². The molecule has 0 saturated carbocycles. The quantitative estimate of drug-likeness (QED) is 0.886. The lowest BCUT2D eigenvalue weighted by atomic mass is 9.79. The van der Waals surface area contributed by atoms with Gasteiger partial charge in [-0.05, 0) is 18.4 Å². The first-order chi connectivity index (χ1) is 8.44. The number of amides is 1. The van der Waals surface area contributed by atoms with E-state index in [2.05, 4.69) is 13.8 Å². The zero-order valence-electron chi connectivity index (χ0n) is 11.4. The first kappa shape index (κ1) is 13.1. The molecule has 3 nitrogen and oxygen atoms in total. The van der Waals surface area contributed by atoms with Crippen molar-refractivity contribution in [2.45, 2.75) is 32.2 Å². The van der Waals surface area contributed by atoms with Crippen molar-refractivity contribution in [1.29, 1.82) is 0 Å². The van der Waals surface area contributed by atoms with Crippen LogP contribution in [0.3, 0.4) is 0 Å². The Hall–Kier alpha value is -1.35. The molecule has 3 heteroatoms. The zero-order valence-corrected chi connectivity index (χ0v) is 11.4. The van der Waals surface area contributed by atoms with E-state index in [9.17, 15) is 4.79 Å². The Morgan fingerprint density at radius 3 is 2.28 bits per heavy atom. The average Bonchev–Trinajstić information content (AvgIpc) is 2.34. The maximum atomic E-state index is 12.3. The molecule has 1 aliphatic heterocycles. The van der Waals surface area contributed by atoms with Crippen LogP contribution in [0.25, 0.3) is 0 Å². The second-order valence-corrected chi connectivity index (χ2v) is 5.71. The molecule has 0 spiro atoms. The van der Waals surface area contributed by atoms with E-state index < -0.39 is 0 Å². The monoisotopic (exact) mass is 246 g/mol. The topological polar surface area (TPSA) is 46.3 Å². The molecule has 0 bridgehead atoms.